The number of ether oxygens (including phenoxy) is 3. The number of fused-ring (bicyclic) bond motifs is 1. The lowest BCUT2D eigenvalue weighted by molar-refractivity contribution is -0.0498. The molecular weight excluding hydrogens is 458 g/mol. The number of aromatic nitrogens is 3. The first-order valence-electron chi connectivity index (χ1n) is 9.90. The second kappa shape index (κ2) is 9.77. The minimum absolute atomic E-state index is 0.0758. The summed E-state index contributed by atoms with van der Waals surface area (Å²) in [6.07, 6.45) is -2.71. The van der Waals surface area contributed by atoms with Crippen LogP contribution in [0.2, 0.25) is 0 Å². The van der Waals surface area contributed by atoms with Crippen LogP contribution in [0.4, 0.5) is 17.6 Å². The molecule has 2 aromatic heterocycles. The van der Waals surface area contributed by atoms with Crippen molar-refractivity contribution in [3.05, 3.63) is 71.0 Å². The standard InChI is InChI=1S/C23H17F4N3O4/c1-32-15-8-4-14(5-9-15)30-22(31)20(13-2-6-16(7-3-13)34-23(26)27)21-17(29-30)10-11-19(28-21)33-12-18(24)25/h2-11,18,23H,12H2,1H3. The second-order valence-electron chi connectivity index (χ2n) is 6.91. The maximum atomic E-state index is 13.5. The average molecular weight is 475 g/mol. The third kappa shape index (κ3) is 4.92. The van der Waals surface area contributed by atoms with Crippen molar-refractivity contribution < 1.29 is 31.8 Å². The Balaban J connectivity index is 1.89. The molecule has 2 heterocycles. The fourth-order valence-electron chi connectivity index (χ4n) is 3.25. The molecule has 0 unspecified atom stereocenters. The summed E-state index contributed by atoms with van der Waals surface area (Å²) in [4.78, 5) is 17.7. The summed E-state index contributed by atoms with van der Waals surface area (Å²) in [6.45, 7) is -3.87. The molecule has 4 aromatic rings. The van der Waals surface area contributed by atoms with E-state index in [0.717, 1.165) is 4.68 Å². The van der Waals surface area contributed by atoms with Crippen molar-refractivity contribution in [2.75, 3.05) is 13.7 Å². The Hall–Kier alpha value is -4.15. The number of pyridine rings is 1. The Morgan fingerprint density at radius 3 is 2.21 bits per heavy atom. The molecule has 0 fully saturated rings. The van der Waals surface area contributed by atoms with Crippen molar-refractivity contribution in [1.29, 1.82) is 0 Å². The van der Waals surface area contributed by atoms with E-state index < -0.39 is 25.2 Å². The number of methoxy groups -OCH3 is 1. The van der Waals surface area contributed by atoms with Crippen LogP contribution in [-0.4, -0.2) is 41.5 Å². The van der Waals surface area contributed by atoms with Gasteiger partial charge in [-0.25, -0.2) is 13.8 Å². The largest absolute Gasteiger partial charge is 0.497 e. The molecule has 0 radical (unpaired) electrons. The van der Waals surface area contributed by atoms with Crippen molar-refractivity contribution in [2.24, 2.45) is 0 Å². The van der Waals surface area contributed by atoms with Gasteiger partial charge in [0.1, 0.15) is 22.5 Å². The third-order valence-electron chi connectivity index (χ3n) is 4.74. The van der Waals surface area contributed by atoms with Gasteiger partial charge in [0, 0.05) is 6.07 Å². The zero-order chi connectivity index (χ0) is 24.2. The number of rotatable bonds is 8. The van der Waals surface area contributed by atoms with E-state index in [2.05, 4.69) is 14.8 Å². The lowest BCUT2D eigenvalue weighted by Gasteiger charge is -2.13. The quantitative estimate of drug-likeness (QED) is 0.344. The van der Waals surface area contributed by atoms with Crippen molar-refractivity contribution in [2.45, 2.75) is 13.0 Å². The van der Waals surface area contributed by atoms with Gasteiger partial charge < -0.3 is 14.2 Å². The first kappa shape index (κ1) is 23.0. The van der Waals surface area contributed by atoms with Crippen LogP contribution in [0.25, 0.3) is 27.8 Å². The molecule has 0 amide bonds. The van der Waals surface area contributed by atoms with E-state index in [9.17, 15) is 22.4 Å². The summed E-state index contributed by atoms with van der Waals surface area (Å²) >= 11 is 0. The minimum atomic E-state index is -3.00. The van der Waals surface area contributed by atoms with Gasteiger partial charge in [-0.3, -0.25) is 4.79 Å². The zero-order valence-corrected chi connectivity index (χ0v) is 17.6. The van der Waals surface area contributed by atoms with Crippen LogP contribution in [0, 0.1) is 0 Å². The van der Waals surface area contributed by atoms with E-state index >= 15 is 0 Å². The average Bonchev–Trinajstić information content (AvgIpc) is 2.83. The van der Waals surface area contributed by atoms with E-state index in [-0.39, 0.29) is 28.2 Å². The normalized spacial score (nSPS) is 11.3. The summed E-state index contributed by atoms with van der Waals surface area (Å²) in [5.41, 5.74) is 0.654. The van der Waals surface area contributed by atoms with Crippen LogP contribution in [0.15, 0.2) is 65.5 Å². The number of nitrogens with zero attached hydrogens (tertiary/aromatic N) is 3. The molecule has 0 saturated carbocycles. The molecule has 34 heavy (non-hydrogen) atoms. The first-order valence-corrected chi connectivity index (χ1v) is 9.90. The van der Waals surface area contributed by atoms with Gasteiger partial charge in [0.25, 0.3) is 12.0 Å². The highest BCUT2D eigenvalue weighted by atomic mass is 19.3. The highest BCUT2D eigenvalue weighted by Crippen LogP contribution is 2.28. The highest BCUT2D eigenvalue weighted by Gasteiger charge is 2.18. The van der Waals surface area contributed by atoms with Crippen LogP contribution in [0.5, 0.6) is 17.4 Å². The lowest BCUT2D eigenvalue weighted by atomic mass is 10.1. The molecule has 4 rings (SSSR count). The van der Waals surface area contributed by atoms with Gasteiger partial charge in [0.2, 0.25) is 5.88 Å². The topological polar surface area (TPSA) is 75.5 Å². The second-order valence-corrected chi connectivity index (χ2v) is 6.91. The smallest absolute Gasteiger partial charge is 0.387 e. The van der Waals surface area contributed by atoms with Crippen molar-refractivity contribution in [3.8, 4) is 34.2 Å². The minimum Gasteiger partial charge on any atom is -0.497 e. The summed E-state index contributed by atoms with van der Waals surface area (Å²) in [7, 11) is 1.51. The van der Waals surface area contributed by atoms with Gasteiger partial charge in [0.05, 0.1) is 18.4 Å². The Bertz CT molecular complexity index is 1340. The summed E-state index contributed by atoms with van der Waals surface area (Å²) in [5.74, 6) is 0.367. The first-order chi connectivity index (χ1) is 16.4. The monoisotopic (exact) mass is 475 g/mol. The lowest BCUT2D eigenvalue weighted by Crippen LogP contribution is -2.23. The molecule has 0 atom stereocenters. The van der Waals surface area contributed by atoms with Gasteiger partial charge in [0.15, 0.2) is 6.61 Å². The maximum Gasteiger partial charge on any atom is 0.387 e. The fraction of sp³-hybridized carbons (Fsp3) is 0.174. The summed E-state index contributed by atoms with van der Waals surface area (Å²) in [5, 5.41) is 4.35. The van der Waals surface area contributed by atoms with Gasteiger partial charge in [-0.2, -0.15) is 18.6 Å². The van der Waals surface area contributed by atoms with Crippen molar-refractivity contribution in [1.82, 2.24) is 14.8 Å². The fourth-order valence-corrected chi connectivity index (χ4v) is 3.25. The number of hydrogen-bond donors (Lipinski definition) is 0. The van der Waals surface area contributed by atoms with Crippen LogP contribution in [-0.2, 0) is 0 Å². The Labute approximate surface area is 190 Å². The maximum absolute atomic E-state index is 13.5. The molecule has 176 valence electrons. The molecule has 0 spiro atoms. The van der Waals surface area contributed by atoms with Crippen molar-refractivity contribution >= 4 is 11.0 Å². The molecule has 0 saturated heterocycles. The van der Waals surface area contributed by atoms with Gasteiger partial charge in [-0.05, 0) is 48.0 Å². The number of hydrogen-bond acceptors (Lipinski definition) is 6. The molecule has 2 aromatic carbocycles. The highest BCUT2D eigenvalue weighted by molar-refractivity contribution is 5.91. The van der Waals surface area contributed by atoms with Gasteiger partial charge in [-0.1, -0.05) is 12.1 Å². The van der Waals surface area contributed by atoms with E-state index in [0.29, 0.717) is 17.0 Å². The van der Waals surface area contributed by atoms with E-state index in [1.807, 2.05) is 0 Å². The summed E-state index contributed by atoms with van der Waals surface area (Å²) in [6, 6.07) is 14.8. The Morgan fingerprint density at radius 2 is 1.59 bits per heavy atom. The molecular formula is C23H17F4N3O4. The van der Waals surface area contributed by atoms with Gasteiger partial charge >= 0.3 is 6.61 Å². The molecule has 11 heteroatoms. The summed E-state index contributed by atoms with van der Waals surface area (Å²) < 4.78 is 65.8. The number of halogens is 4. The molecule has 0 aliphatic carbocycles. The molecule has 0 aliphatic rings. The van der Waals surface area contributed by atoms with Crippen LogP contribution in [0.1, 0.15) is 0 Å². The Kier molecular flexibility index (Phi) is 6.62. The van der Waals surface area contributed by atoms with E-state index in [1.54, 1.807) is 24.3 Å². The SMILES string of the molecule is COc1ccc(-n2nc3ccc(OCC(F)F)nc3c(-c3ccc(OC(F)F)cc3)c2=O)cc1. The van der Waals surface area contributed by atoms with Crippen LogP contribution < -0.4 is 19.8 Å². The van der Waals surface area contributed by atoms with Crippen LogP contribution in [0.3, 0.4) is 0 Å². The number of alkyl halides is 4. The molecule has 0 aliphatic heterocycles. The van der Waals surface area contributed by atoms with E-state index in [1.165, 1.54) is 43.5 Å². The molecule has 0 bridgehead atoms. The van der Waals surface area contributed by atoms with Crippen molar-refractivity contribution in [3.63, 3.8) is 0 Å². The number of benzene rings is 2. The predicted octanol–water partition coefficient (Wildman–Crippen LogP) is 4.70. The molecule has 7 nitrogen and oxygen atoms in total. The Morgan fingerprint density at radius 1 is 0.912 bits per heavy atom. The van der Waals surface area contributed by atoms with Crippen LogP contribution >= 0.6 is 0 Å². The third-order valence-corrected chi connectivity index (χ3v) is 4.74. The predicted molar refractivity (Wildman–Crippen MR) is 115 cm³/mol. The van der Waals surface area contributed by atoms with Gasteiger partial charge in [-0.15, -0.1) is 0 Å². The van der Waals surface area contributed by atoms with E-state index in [4.69, 9.17) is 9.47 Å². The zero-order valence-electron chi connectivity index (χ0n) is 17.6. The molecule has 0 N–H and O–H groups in total.